The zero-order valence-electron chi connectivity index (χ0n) is 14.8. The number of anilines is 2. The first-order valence-corrected chi connectivity index (χ1v) is 9.00. The first-order chi connectivity index (χ1) is 12.2. The maximum atomic E-state index is 12.2. The first kappa shape index (κ1) is 17.7. The summed E-state index contributed by atoms with van der Waals surface area (Å²) >= 11 is 0. The van der Waals surface area contributed by atoms with Gasteiger partial charge in [0.15, 0.2) is 0 Å². The molecule has 1 amide bonds. The van der Waals surface area contributed by atoms with Crippen LogP contribution in [0.5, 0.6) is 0 Å². The van der Waals surface area contributed by atoms with Gasteiger partial charge in [-0.1, -0.05) is 12.0 Å². The van der Waals surface area contributed by atoms with Crippen molar-refractivity contribution < 1.29 is 9.53 Å². The topological polar surface area (TPSA) is 93.4 Å². The average molecular weight is 345 g/mol. The minimum atomic E-state index is -0.0000757. The summed E-state index contributed by atoms with van der Waals surface area (Å²) in [6.07, 6.45) is 9.98. The Hall–Kier alpha value is -2.15. The Morgan fingerprint density at radius 2 is 2.20 bits per heavy atom. The second-order valence-corrected chi connectivity index (χ2v) is 6.81. The third-order valence-electron chi connectivity index (χ3n) is 5.02. The fourth-order valence-electron chi connectivity index (χ4n) is 3.64. The molecule has 7 nitrogen and oxygen atoms in total. The summed E-state index contributed by atoms with van der Waals surface area (Å²) in [4.78, 5) is 22.6. The Balaban J connectivity index is 1.61. The van der Waals surface area contributed by atoms with E-state index in [1.807, 2.05) is 0 Å². The number of nitrogen functional groups attached to an aromatic ring is 1. The van der Waals surface area contributed by atoms with Gasteiger partial charge < -0.3 is 20.7 Å². The molecule has 0 radical (unpaired) electrons. The zero-order valence-corrected chi connectivity index (χ0v) is 14.8. The van der Waals surface area contributed by atoms with E-state index < -0.39 is 0 Å². The largest absolute Gasteiger partial charge is 0.384 e. The van der Waals surface area contributed by atoms with Crippen molar-refractivity contribution in [2.75, 3.05) is 30.8 Å². The molecule has 1 saturated heterocycles. The normalized spacial score (nSPS) is 23.6. The Morgan fingerprint density at radius 1 is 1.40 bits per heavy atom. The summed E-state index contributed by atoms with van der Waals surface area (Å²) < 4.78 is 5.51. The van der Waals surface area contributed by atoms with E-state index in [1.54, 1.807) is 19.3 Å². The molecule has 0 bridgehead atoms. The van der Waals surface area contributed by atoms with Crippen LogP contribution in [0.1, 0.15) is 38.5 Å². The highest BCUT2D eigenvalue weighted by atomic mass is 16.5. The van der Waals surface area contributed by atoms with Crippen molar-refractivity contribution in [3.63, 3.8) is 0 Å². The van der Waals surface area contributed by atoms with Crippen molar-refractivity contribution in [1.29, 1.82) is 0 Å². The summed E-state index contributed by atoms with van der Waals surface area (Å²) in [6, 6.07) is 1.89. The Bertz CT molecular complexity index is 626. The van der Waals surface area contributed by atoms with Gasteiger partial charge >= 0.3 is 0 Å². The smallest absolute Gasteiger partial charge is 0.244 e. The highest BCUT2D eigenvalue weighted by molar-refractivity contribution is 5.88. The first-order valence-electron chi connectivity index (χ1n) is 9.00. The van der Waals surface area contributed by atoms with Gasteiger partial charge in [0.05, 0.1) is 12.1 Å². The van der Waals surface area contributed by atoms with Gasteiger partial charge in [-0.3, -0.25) is 4.79 Å². The fraction of sp³-hybridized carbons (Fsp3) is 0.611. The number of allylic oxidation sites excluding steroid dienone is 1. The van der Waals surface area contributed by atoms with Crippen LogP contribution in [-0.4, -0.2) is 48.2 Å². The van der Waals surface area contributed by atoms with Crippen molar-refractivity contribution in [2.24, 2.45) is 0 Å². The molecule has 1 aliphatic carbocycles. The van der Waals surface area contributed by atoms with Crippen LogP contribution in [-0.2, 0) is 9.53 Å². The minimum Gasteiger partial charge on any atom is -0.384 e. The molecule has 0 spiro atoms. The van der Waals surface area contributed by atoms with Gasteiger partial charge in [-0.05, 0) is 32.1 Å². The van der Waals surface area contributed by atoms with Gasteiger partial charge in [-0.2, -0.15) is 0 Å². The van der Waals surface area contributed by atoms with Gasteiger partial charge in [-0.25, -0.2) is 9.97 Å². The van der Waals surface area contributed by atoms with Crippen molar-refractivity contribution in [3.05, 3.63) is 24.0 Å². The molecule has 0 aromatic carbocycles. The number of methoxy groups -OCH3 is 1. The van der Waals surface area contributed by atoms with E-state index in [-0.39, 0.29) is 18.1 Å². The molecule has 2 heterocycles. The zero-order chi connectivity index (χ0) is 17.6. The summed E-state index contributed by atoms with van der Waals surface area (Å²) in [5.74, 6) is 1.22. The molecular formula is C18H27N5O2. The Labute approximate surface area is 148 Å². The lowest BCUT2D eigenvalue weighted by Crippen LogP contribution is -2.40. The fourth-order valence-corrected chi connectivity index (χ4v) is 3.64. The predicted molar refractivity (Wildman–Crippen MR) is 97.2 cm³/mol. The van der Waals surface area contributed by atoms with Crippen LogP contribution < -0.4 is 16.0 Å². The summed E-state index contributed by atoms with van der Waals surface area (Å²) in [5.41, 5.74) is 7.05. The van der Waals surface area contributed by atoms with Gasteiger partial charge in [-0.15, -0.1) is 0 Å². The number of carbonyl (C=O) groups is 1. The van der Waals surface area contributed by atoms with E-state index >= 15 is 0 Å². The number of nitrogens with one attached hydrogen (secondary N) is 1. The molecule has 1 aromatic heterocycles. The van der Waals surface area contributed by atoms with Crippen LogP contribution in [0.3, 0.4) is 0 Å². The lowest BCUT2D eigenvalue weighted by Gasteiger charge is -2.25. The van der Waals surface area contributed by atoms with Crippen LogP contribution in [0.4, 0.5) is 11.6 Å². The molecule has 0 unspecified atom stereocenters. The third-order valence-corrected chi connectivity index (χ3v) is 5.02. The van der Waals surface area contributed by atoms with E-state index in [0.717, 1.165) is 31.6 Å². The molecule has 25 heavy (non-hydrogen) atoms. The van der Waals surface area contributed by atoms with Crippen LogP contribution in [0.25, 0.3) is 0 Å². The summed E-state index contributed by atoms with van der Waals surface area (Å²) in [5, 5.41) is 3.04. The van der Waals surface area contributed by atoms with Gasteiger partial charge in [0, 0.05) is 32.3 Å². The SMILES string of the molecule is CO[C@@H]1C[C@H](CNC(=O)C=C2CCCCC2)N(c2cc(N)ncn2)C1. The van der Waals surface area contributed by atoms with Gasteiger partial charge in [0.1, 0.15) is 18.0 Å². The van der Waals surface area contributed by atoms with Crippen LogP contribution >= 0.6 is 0 Å². The quantitative estimate of drug-likeness (QED) is 0.788. The number of nitrogens with zero attached hydrogens (tertiary/aromatic N) is 3. The number of rotatable bonds is 5. The molecule has 3 rings (SSSR count). The molecule has 7 heteroatoms. The summed E-state index contributed by atoms with van der Waals surface area (Å²) in [6.45, 7) is 1.29. The maximum absolute atomic E-state index is 12.2. The summed E-state index contributed by atoms with van der Waals surface area (Å²) in [7, 11) is 1.71. The maximum Gasteiger partial charge on any atom is 0.244 e. The monoisotopic (exact) mass is 345 g/mol. The van der Waals surface area contributed by atoms with Gasteiger partial charge in [0.25, 0.3) is 0 Å². The molecule has 136 valence electrons. The lowest BCUT2D eigenvalue weighted by molar-refractivity contribution is -0.116. The number of hydrogen-bond donors (Lipinski definition) is 2. The Kier molecular flexibility index (Phi) is 5.86. The van der Waals surface area contributed by atoms with Crippen LogP contribution in [0, 0.1) is 0 Å². The van der Waals surface area contributed by atoms with Gasteiger partial charge in [0.2, 0.25) is 5.91 Å². The number of hydrogen-bond acceptors (Lipinski definition) is 6. The molecule has 2 atom stereocenters. The molecule has 2 fully saturated rings. The van der Waals surface area contributed by atoms with E-state index in [2.05, 4.69) is 20.2 Å². The number of ether oxygens (including phenoxy) is 1. The highest BCUT2D eigenvalue weighted by Gasteiger charge is 2.33. The van der Waals surface area contributed by atoms with Crippen molar-refractivity contribution in [1.82, 2.24) is 15.3 Å². The highest BCUT2D eigenvalue weighted by Crippen LogP contribution is 2.26. The van der Waals surface area contributed by atoms with Crippen molar-refractivity contribution >= 4 is 17.5 Å². The number of amides is 1. The number of nitrogens with two attached hydrogens (primary N) is 1. The van der Waals surface area contributed by atoms with Crippen LogP contribution in [0.2, 0.25) is 0 Å². The average Bonchev–Trinajstić information content (AvgIpc) is 3.04. The predicted octanol–water partition coefficient (Wildman–Crippen LogP) is 1.66. The second kappa shape index (κ2) is 8.29. The third kappa shape index (κ3) is 4.69. The van der Waals surface area contributed by atoms with Crippen molar-refractivity contribution in [3.8, 4) is 0 Å². The molecule has 1 aliphatic heterocycles. The van der Waals surface area contributed by atoms with E-state index in [1.165, 1.54) is 31.2 Å². The lowest BCUT2D eigenvalue weighted by atomic mass is 9.94. The molecule has 2 aliphatic rings. The molecule has 3 N–H and O–H groups in total. The number of aromatic nitrogens is 2. The van der Waals surface area contributed by atoms with Crippen LogP contribution in [0.15, 0.2) is 24.0 Å². The van der Waals surface area contributed by atoms with Crippen molar-refractivity contribution in [2.45, 2.75) is 50.7 Å². The minimum absolute atomic E-state index is 0.0000757. The standard InChI is InChI=1S/C18H27N5O2/c1-25-15-8-14(23(11-15)17-9-16(19)21-12-22-17)10-20-18(24)7-13-5-3-2-4-6-13/h7,9,12,14-15H,2-6,8,10-11H2,1H3,(H,20,24)(H2,19,21,22)/t14-,15-/m1/s1. The number of carbonyl (C=O) groups excluding carboxylic acids is 1. The molecule has 1 saturated carbocycles. The van der Waals surface area contributed by atoms with E-state index in [0.29, 0.717) is 12.4 Å². The van der Waals surface area contributed by atoms with E-state index in [4.69, 9.17) is 10.5 Å². The Morgan fingerprint density at radius 3 is 2.92 bits per heavy atom. The molecule has 1 aromatic rings. The molecular weight excluding hydrogens is 318 g/mol. The second-order valence-electron chi connectivity index (χ2n) is 6.81. The van der Waals surface area contributed by atoms with E-state index in [9.17, 15) is 4.79 Å².